The van der Waals surface area contributed by atoms with Gasteiger partial charge in [0.25, 0.3) is 0 Å². The van der Waals surface area contributed by atoms with E-state index in [1.54, 1.807) is 0 Å². The first-order valence-corrected chi connectivity index (χ1v) is 14.3. The minimum Gasteiger partial charge on any atom is -0.478 e. The Balaban J connectivity index is -0.000000148. The molecule has 2 atom stereocenters. The number of ether oxygens (including phenoxy) is 2. The smallest absolute Gasteiger partial charge is 0.330 e. The molecule has 0 aliphatic carbocycles. The number of carbonyl (C=O) groups is 4. The van der Waals surface area contributed by atoms with Crippen LogP contribution in [-0.2, 0) is 28.7 Å². The van der Waals surface area contributed by atoms with Gasteiger partial charge >= 0.3 is 23.9 Å². The van der Waals surface area contributed by atoms with Crippen LogP contribution < -0.4 is 0 Å². The lowest BCUT2D eigenvalue weighted by molar-refractivity contribution is -0.148. The molecule has 4 N–H and O–H groups in total. The number of aliphatic hydroxyl groups excluding tert-OH is 2. The van der Waals surface area contributed by atoms with E-state index in [2.05, 4.69) is 46.7 Å². The van der Waals surface area contributed by atoms with Crippen molar-refractivity contribution >= 4 is 30.0 Å². The summed E-state index contributed by atoms with van der Waals surface area (Å²) in [7, 11) is 0. The number of hydrogen-bond donors (Lipinski definition) is 4. The number of esters is 2. The highest BCUT2D eigenvalue weighted by Gasteiger charge is 2.13. The fourth-order valence-electron chi connectivity index (χ4n) is 2.09. The number of carboxylic acid groups (broad SMARTS) is 2. The Morgan fingerprint density at radius 1 is 0.844 bits per heavy atom. The van der Waals surface area contributed by atoms with Crippen LogP contribution >= 0.6 is 0 Å². The van der Waals surface area contributed by atoms with Gasteiger partial charge in [0, 0.05) is 24.3 Å². The van der Waals surface area contributed by atoms with Crippen molar-refractivity contribution in [2.45, 2.75) is 78.9 Å². The predicted molar refractivity (Wildman–Crippen MR) is 181 cm³/mol. The Hall–Kier alpha value is -4.28. The molecule has 0 saturated heterocycles. The molecule has 0 spiro atoms. The van der Waals surface area contributed by atoms with Gasteiger partial charge in [0.1, 0.15) is 5.60 Å². The molecule has 10 nitrogen and oxygen atoms in total. The number of aliphatic carboxylic acids is 2. The van der Waals surface area contributed by atoms with Crippen LogP contribution in [-0.4, -0.2) is 69.2 Å². The van der Waals surface area contributed by atoms with Crippen LogP contribution in [0.4, 0.5) is 0 Å². The van der Waals surface area contributed by atoms with Crippen LogP contribution in [0.2, 0.25) is 0 Å². The quantitative estimate of drug-likeness (QED) is 0.144. The molecule has 0 aliphatic rings. The molecule has 10 heteroatoms. The second kappa shape index (κ2) is 35.9. The maximum atomic E-state index is 10.8. The number of hydrogen-bond acceptors (Lipinski definition) is 8. The van der Waals surface area contributed by atoms with Crippen LogP contribution in [0.3, 0.4) is 0 Å². The maximum Gasteiger partial charge on any atom is 0.330 e. The Bertz CT molecular complexity index is 927. The highest BCUT2D eigenvalue weighted by Crippen LogP contribution is 2.12. The minimum absolute atomic E-state index is 0.139. The predicted octanol–water partition coefficient (Wildman–Crippen LogP) is 6.65. The number of unbranched alkanes of at least 4 members (excludes halogenated alkanes) is 1. The van der Waals surface area contributed by atoms with Crippen molar-refractivity contribution in [2.24, 2.45) is 5.92 Å². The summed E-state index contributed by atoms with van der Waals surface area (Å²) < 4.78 is 9.81. The number of carboxylic acids is 2. The third-order valence-electron chi connectivity index (χ3n) is 4.39. The second-order valence-corrected chi connectivity index (χ2v) is 9.72. The molecule has 0 amide bonds. The minimum atomic E-state index is -0.981. The molecular formula is C35H56O10. The highest BCUT2D eigenvalue weighted by molar-refractivity contribution is 5.81. The first-order chi connectivity index (χ1) is 20.9. The molecule has 45 heavy (non-hydrogen) atoms. The first-order valence-electron chi connectivity index (χ1n) is 14.3. The summed E-state index contributed by atoms with van der Waals surface area (Å²) in [5.41, 5.74) is 0.776. The molecule has 0 aromatic heterocycles. The summed E-state index contributed by atoms with van der Waals surface area (Å²) in [6, 6.07) is 10.0. The van der Waals surface area contributed by atoms with E-state index in [1.807, 2.05) is 57.2 Å². The molecule has 256 valence electrons. The van der Waals surface area contributed by atoms with E-state index in [-0.39, 0.29) is 18.5 Å². The van der Waals surface area contributed by atoms with E-state index in [9.17, 15) is 19.2 Å². The number of aliphatic hydroxyl groups is 2. The van der Waals surface area contributed by atoms with Crippen molar-refractivity contribution in [1.82, 2.24) is 0 Å². The molecule has 0 heterocycles. The normalized spacial score (nSPS) is 10.2. The lowest BCUT2D eigenvalue weighted by Crippen LogP contribution is -2.22. The van der Waals surface area contributed by atoms with Crippen molar-refractivity contribution in [3.05, 3.63) is 93.1 Å². The zero-order valence-corrected chi connectivity index (χ0v) is 27.9. The molecule has 1 aromatic carbocycles. The average molecular weight is 637 g/mol. The van der Waals surface area contributed by atoms with Gasteiger partial charge in [-0.15, -0.1) is 0 Å². The van der Waals surface area contributed by atoms with Gasteiger partial charge < -0.3 is 29.9 Å². The molecular weight excluding hydrogens is 580 g/mol. The van der Waals surface area contributed by atoms with E-state index < -0.39 is 23.6 Å². The maximum absolute atomic E-state index is 10.8. The third-order valence-corrected chi connectivity index (χ3v) is 4.39. The van der Waals surface area contributed by atoms with Crippen LogP contribution in [0, 0.1) is 5.92 Å². The molecule has 0 fully saturated rings. The van der Waals surface area contributed by atoms with E-state index in [1.165, 1.54) is 31.4 Å². The SMILES string of the molecule is C=CC(=O)O.C=CC(=O)O.C=CC(=O)OC(C)(C)C.C=CC(=O)OCC(CC)CCCC.C=Cc1ccccc1.CC(O)CO. The zero-order valence-electron chi connectivity index (χ0n) is 27.9. The van der Waals surface area contributed by atoms with Crippen molar-refractivity contribution < 1.29 is 49.1 Å². The van der Waals surface area contributed by atoms with Crippen molar-refractivity contribution in [3.63, 3.8) is 0 Å². The van der Waals surface area contributed by atoms with Gasteiger partial charge in [-0.2, -0.15) is 0 Å². The van der Waals surface area contributed by atoms with Crippen LogP contribution in [0.5, 0.6) is 0 Å². The van der Waals surface area contributed by atoms with Crippen molar-refractivity contribution in [1.29, 1.82) is 0 Å². The van der Waals surface area contributed by atoms with Gasteiger partial charge in [-0.1, -0.05) is 102 Å². The number of rotatable bonds is 12. The second-order valence-electron chi connectivity index (χ2n) is 9.72. The fraction of sp³-hybridized carbons (Fsp3) is 0.429. The molecule has 0 aliphatic heterocycles. The lowest BCUT2D eigenvalue weighted by atomic mass is 10.0. The first kappa shape index (κ1) is 50.4. The zero-order chi connectivity index (χ0) is 36.3. The average Bonchev–Trinajstić information content (AvgIpc) is 3.01. The molecule has 1 aromatic rings. The highest BCUT2D eigenvalue weighted by atomic mass is 16.6. The van der Waals surface area contributed by atoms with Gasteiger partial charge in [0.05, 0.1) is 19.3 Å². The van der Waals surface area contributed by atoms with Crippen molar-refractivity contribution in [3.8, 4) is 0 Å². The fourth-order valence-corrected chi connectivity index (χ4v) is 2.09. The van der Waals surface area contributed by atoms with Gasteiger partial charge in [-0.3, -0.25) is 0 Å². The standard InChI is InChI=1S/C11H20O2.C8H8.C7H12O2.C3H8O2.2C3H4O2/c1-4-7-8-10(5-2)9-13-11(12)6-3;1-2-8-6-4-3-5-7-8;1-5-6(8)9-7(2,3)4;1-3(5)2-4;2*1-2-3(4)5/h6,10H,3-5,7-9H2,1-2H3;2-7H,1H2;5H,1H2,2-4H3;3-5H,2H2,1H3;2*2H,1H2,(H,4,5). The molecule has 2 unspecified atom stereocenters. The summed E-state index contributed by atoms with van der Waals surface area (Å²) in [6.07, 6.45) is 9.95. The van der Waals surface area contributed by atoms with Crippen molar-refractivity contribution in [2.75, 3.05) is 13.2 Å². The van der Waals surface area contributed by atoms with E-state index in [0.29, 0.717) is 12.5 Å². The summed E-state index contributed by atoms with van der Waals surface area (Å²) in [5.74, 6) is -2.13. The Kier molecular flexibility index (Phi) is 40.2. The van der Waals surface area contributed by atoms with Gasteiger partial charge in [0.2, 0.25) is 0 Å². The monoisotopic (exact) mass is 636 g/mol. The molecule has 0 saturated carbocycles. The van der Waals surface area contributed by atoms with E-state index >= 15 is 0 Å². The van der Waals surface area contributed by atoms with Crippen LogP contribution in [0.25, 0.3) is 6.08 Å². The lowest BCUT2D eigenvalue weighted by Gasteiger charge is -2.17. The Labute approximate surface area is 270 Å². The van der Waals surface area contributed by atoms with E-state index in [4.69, 9.17) is 29.9 Å². The Morgan fingerprint density at radius 2 is 1.27 bits per heavy atom. The summed E-state index contributed by atoms with van der Waals surface area (Å²) >= 11 is 0. The van der Waals surface area contributed by atoms with Gasteiger partial charge in [-0.05, 0) is 45.6 Å². The Morgan fingerprint density at radius 3 is 1.49 bits per heavy atom. The topological polar surface area (TPSA) is 168 Å². The van der Waals surface area contributed by atoms with Gasteiger partial charge in [0.15, 0.2) is 0 Å². The number of carbonyl (C=O) groups excluding carboxylic acids is 2. The molecule has 0 bridgehead atoms. The molecule has 1 rings (SSSR count). The number of benzene rings is 1. The largest absolute Gasteiger partial charge is 0.478 e. The molecule has 0 radical (unpaired) electrons. The van der Waals surface area contributed by atoms with Crippen LogP contribution in [0.15, 0.2) is 87.5 Å². The van der Waals surface area contributed by atoms with Crippen LogP contribution in [0.1, 0.15) is 72.8 Å². The van der Waals surface area contributed by atoms with Gasteiger partial charge in [-0.25, -0.2) is 19.2 Å². The third kappa shape index (κ3) is 56.2. The summed E-state index contributed by atoms with van der Waals surface area (Å²) in [4.78, 5) is 39.8. The summed E-state index contributed by atoms with van der Waals surface area (Å²) in [5, 5.41) is 31.2. The van der Waals surface area contributed by atoms with E-state index in [0.717, 1.165) is 31.1 Å². The summed E-state index contributed by atoms with van der Waals surface area (Å²) in [6.45, 7) is 27.8.